The van der Waals surface area contributed by atoms with E-state index in [0.717, 1.165) is 16.5 Å². The minimum Gasteiger partial charge on any atom is -0.481 e. The van der Waals surface area contributed by atoms with E-state index in [2.05, 4.69) is 15.6 Å². The zero-order valence-corrected chi connectivity index (χ0v) is 21.5. The average molecular weight is 530 g/mol. The number of rotatable bonds is 12. The summed E-state index contributed by atoms with van der Waals surface area (Å²) in [6.45, 7) is 3.74. The summed E-state index contributed by atoms with van der Waals surface area (Å²) in [6.07, 6.45) is 2.36. The van der Waals surface area contributed by atoms with Gasteiger partial charge < -0.3 is 36.5 Å². The number of nitrogens with two attached hydrogens (primary N) is 1. The molecule has 1 saturated heterocycles. The molecule has 1 aromatic heterocycles. The lowest BCUT2D eigenvalue weighted by molar-refractivity contribution is -0.143. The van der Waals surface area contributed by atoms with Crippen LogP contribution in [0.1, 0.15) is 45.1 Å². The van der Waals surface area contributed by atoms with Gasteiger partial charge in [0, 0.05) is 36.5 Å². The van der Waals surface area contributed by atoms with Crippen LogP contribution in [0.3, 0.4) is 0 Å². The summed E-state index contributed by atoms with van der Waals surface area (Å²) in [6, 6.07) is 3.27. The van der Waals surface area contributed by atoms with E-state index < -0.39 is 53.8 Å². The maximum Gasteiger partial charge on any atom is 0.326 e. The van der Waals surface area contributed by atoms with Crippen LogP contribution in [0.15, 0.2) is 30.5 Å². The van der Waals surface area contributed by atoms with E-state index in [0.29, 0.717) is 19.4 Å². The first kappa shape index (κ1) is 28.6. The van der Waals surface area contributed by atoms with Gasteiger partial charge in [-0.2, -0.15) is 0 Å². The van der Waals surface area contributed by atoms with Crippen molar-refractivity contribution in [3.05, 3.63) is 36.0 Å². The molecule has 0 saturated carbocycles. The van der Waals surface area contributed by atoms with Gasteiger partial charge in [0.1, 0.15) is 18.1 Å². The Morgan fingerprint density at radius 3 is 2.50 bits per heavy atom. The van der Waals surface area contributed by atoms with E-state index in [1.165, 1.54) is 4.90 Å². The summed E-state index contributed by atoms with van der Waals surface area (Å²) in [4.78, 5) is 66.3. The molecule has 2 aromatic rings. The summed E-state index contributed by atoms with van der Waals surface area (Å²) in [5.74, 6) is -4.35. The molecular formula is C26H35N5O7. The molecule has 12 heteroatoms. The van der Waals surface area contributed by atoms with Crippen molar-refractivity contribution in [2.75, 3.05) is 6.54 Å². The first-order valence-corrected chi connectivity index (χ1v) is 12.7. The van der Waals surface area contributed by atoms with E-state index in [9.17, 15) is 29.1 Å². The molecule has 2 heterocycles. The standard InChI is InChI=1S/C26H35N5O7/c1-14(2)22(30-23(34)20-8-5-11-31(20)25(36)17(27)9-10-21(32)33)24(35)29-19(26(37)38)12-15-13-28-18-7-4-3-6-16(15)18/h3-4,6-7,13-14,17,19-20,22,28H,5,8-12,27H2,1-2H3,(H,29,35)(H,30,34)(H,32,33)(H,37,38). The molecule has 1 aromatic carbocycles. The van der Waals surface area contributed by atoms with E-state index >= 15 is 0 Å². The van der Waals surface area contributed by atoms with Crippen molar-refractivity contribution in [2.24, 2.45) is 11.7 Å². The maximum atomic E-state index is 13.2. The maximum absolute atomic E-state index is 13.2. The zero-order chi connectivity index (χ0) is 28.0. The van der Waals surface area contributed by atoms with Gasteiger partial charge in [-0.3, -0.25) is 19.2 Å². The normalized spacial score (nSPS) is 17.7. The number of benzene rings is 1. The van der Waals surface area contributed by atoms with E-state index in [1.54, 1.807) is 20.0 Å². The lowest BCUT2D eigenvalue weighted by atomic mass is 10.0. The number of nitrogens with zero attached hydrogens (tertiary/aromatic N) is 1. The van der Waals surface area contributed by atoms with Gasteiger partial charge in [0.15, 0.2) is 0 Å². The van der Waals surface area contributed by atoms with Gasteiger partial charge in [0.05, 0.1) is 6.04 Å². The third-order valence-electron chi connectivity index (χ3n) is 6.79. The number of carbonyl (C=O) groups excluding carboxylic acids is 3. The van der Waals surface area contributed by atoms with Crippen LogP contribution in [0.2, 0.25) is 0 Å². The van der Waals surface area contributed by atoms with Gasteiger partial charge in [-0.05, 0) is 36.8 Å². The molecule has 38 heavy (non-hydrogen) atoms. The summed E-state index contributed by atoms with van der Waals surface area (Å²) in [5.41, 5.74) is 7.46. The largest absolute Gasteiger partial charge is 0.481 e. The second kappa shape index (κ2) is 12.5. The Morgan fingerprint density at radius 2 is 1.84 bits per heavy atom. The minimum absolute atomic E-state index is 0.0446. The number of carbonyl (C=O) groups is 5. The Labute approximate surface area is 219 Å². The fourth-order valence-corrected chi connectivity index (χ4v) is 4.68. The Kier molecular flexibility index (Phi) is 9.45. The van der Waals surface area contributed by atoms with Crippen molar-refractivity contribution >= 4 is 40.6 Å². The monoisotopic (exact) mass is 529 g/mol. The molecule has 1 aliphatic rings. The van der Waals surface area contributed by atoms with E-state index in [1.807, 2.05) is 24.3 Å². The van der Waals surface area contributed by atoms with E-state index in [4.69, 9.17) is 10.8 Å². The van der Waals surface area contributed by atoms with Gasteiger partial charge in [-0.1, -0.05) is 32.0 Å². The molecule has 4 unspecified atom stereocenters. The molecule has 7 N–H and O–H groups in total. The molecule has 1 aliphatic heterocycles. The summed E-state index contributed by atoms with van der Waals surface area (Å²) >= 11 is 0. The lowest BCUT2D eigenvalue weighted by Crippen LogP contribution is -2.58. The number of likely N-dealkylation sites (tertiary alicyclic amines) is 1. The van der Waals surface area contributed by atoms with Gasteiger partial charge >= 0.3 is 11.9 Å². The van der Waals surface area contributed by atoms with Crippen molar-refractivity contribution in [2.45, 2.75) is 70.1 Å². The van der Waals surface area contributed by atoms with Crippen LogP contribution in [0.25, 0.3) is 10.9 Å². The summed E-state index contributed by atoms with van der Waals surface area (Å²) in [5, 5.41) is 24.7. The average Bonchev–Trinajstić information content (AvgIpc) is 3.52. The zero-order valence-electron chi connectivity index (χ0n) is 21.5. The van der Waals surface area contributed by atoms with Crippen molar-refractivity contribution < 1.29 is 34.2 Å². The van der Waals surface area contributed by atoms with Crippen LogP contribution in [0, 0.1) is 5.92 Å². The molecule has 0 radical (unpaired) electrons. The molecule has 4 atom stereocenters. The molecule has 0 aliphatic carbocycles. The van der Waals surface area contributed by atoms with Crippen molar-refractivity contribution in [1.29, 1.82) is 0 Å². The van der Waals surface area contributed by atoms with Gasteiger partial charge in [-0.15, -0.1) is 0 Å². The number of fused-ring (bicyclic) bond motifs is 1. The number of aromatic amines is 1. The molecule has 3 amide bonds. The smallest absolute Gasteiger partial charge is 0.326 e. The fraction of sp³-hybridized carbons (Fsp3) is 0.500. The molecule has 3 rings (SSSR count). The highest BCUT2D eigenvalue weighted by Crippen LogP contribution is 2.21. The van der Waals surface area contributed by atoms with Crippen LogP contribution in [-0.2, 0) is 30.4 Å². The highest BCUT2D eigenvalue weighted by Gasteiger charge is 2.38. The van der Waals surface area contributed by atoms with Gasteiger partial charge in [0.25, 0.3) is 0 Å². The SMILES string of the molecule is CC(C)C(NC(=O)C1CCCN1C(=O)C(N)CCC(=O)O)C(=O)NC(Cc1c[nH]c2ccccc12)C(=O)O. The summed E-state index contributed by atoms with van der Waals surface area (Å²) in [7, 11) is 0. The van der Waals surface area contributed by atoms with Crippen molar-refractivity contribution in [3.8, 4) is 0 Å². The van der Waals surface area contributed by atoms with Crippen LogP contribution < -0.4 is 16.4 Å². The number of aliphatic carboxylic acids is 2. The third kappa shape index (κ3) is 6.88. The fourth-order valence-electron chi connectivity index (χ4n) is 4.68. The topological polar surface area (TPSA) is 195 Å². The van der Waals surface area contributed by atoms with Crippen molar-refractivity contribution in [3.63, 3.8) is 0 Å². The number of para-hydroxylation sites is 1. The first-order valence-electron chi connectivity index (χ1n) is 12.7. The molecular weight excluding hydrogens is 494 g/mol. The van der Waals surface area contributed by atoms with Crippen LogP contribution >= 0.6 is 0 Å². The quantitative estimate of drug-likeness (QED) is 0.230. The lowest BCUT2D eigenvalue weighted by Gasteiger charge is -2.29. The molecule has 0 spiro atoms. The third-order valence-corrected chi connectivity index (χ3v) is 6.79. The Balaban J connectivity index is 1.67. The number of nitrogens with one attached hydrogen (secondary N) is 3. The second-order valence-corrected chi connectivity index (χ2v) is 9.92. The number of hydrogen-bond donors (Lipinski definition) is 6. The molecule has 206 valence electrons. The Morgan fingerprint density at radius 1 is 1.13 bits per heavy atom. The van der Waals surface area contributed by atoms with Crippen LogP contribution in [0.5, 0.6) is 0 Å². The Hall–Kier alpha value is -3.93. The number of aromatic nitrogens is 1. The molecule has 12 nitrogen and oxygen atoms in total. The highest BCUT2D eigenvalue weighted by molar-refractivity contribution is 5.95. The summed E-state index contributed by atoms with van der Waals surface area (Å²) < 4.78 is 0. The number of carboxylic acid groups (broad SMARTS) is 2. The number of hydrogen-bond acceptors (Lipinski definition) is 6. The predicted octanol–water partition coefficient (Wildman–Crippen LogP) is 0.604. The first-order chi connectivity index (χ1) is 18.0. The van der Waals surface area contributed by atoms with Crippen LogP contribution in [-0.4, -0.2) is 80.5 Å². The minimum atomic E-state index is -1.23. The number of carboxylic acids is 2. The van der Waals surface area contributed by atoms with Crippen LogP contribution in [0.4, 0.5) is 0 Å². The number of amides is 3. The Bertz CT molecular complexity index is 1190. The second-order valence-electron chi connectivity index (χ2n) is 9.92. The predicted molar refractivity (Wildman–Crippen MR) is 138 cm³/mol. The molecule has 1 fully saturated rings. The van der Waals surface area contributed by atoms with Gasteiger partial charge in [0.2, 0.25) is 17.7 Å². The highest BCUT2D eigenvalue weighted by atomic mass is 16.4. The molecule has 0 bridgehead atoms. The van der Waals surface area contributed by atoms with Crippen molar-refractivity contribution in [1.82, 2.24) is 20.5 Å². The number of H-pyrrole nitrogens is 1. The van der Waals surface area contributed by atoms with Gasteiger partial charge in [-0.25, -0.2) is 4.79 Å². The van der Waals surface area contributed by atoms with E-state index in [-0.39, 0.29) is 25.2 Å².